The average molecular weight is 485 g/mol. The summed E-state index contributed by atoms with van der Waals surface area (Å²) < 4.78 is 37.4. The van der Waals surface area contributed by atoms with Gasteiger partial charge in [-0.15, -0.1) is 0 Å². The molecule has 0 radical (unpaired) electrons. The third kappa shape index (κ3) is 7.58. The smallest absolute Gasteiger partial charge is 0.257 e. The Kier molecular flexibility index (Phi) is 9.10. The normalized spacial score (nSPS) is 22.8. The first kappa shape index (κ1) is 26.9. The first-order valence-corrected chi connectivity index (χ1v) is 12.7. The van der Waals surface area contributed by atoms with Crippen molar-refractivity contribution in [2.75, 3.05) is 65.5 Å². The van der Waals surface area contributed by atoms with Crippen molar-refractivity contribution in [3.05, 3.63) is 23.8 Å². The Labute approximate surface area is 196 Å². The van der Waals surface area contributed by atoms with E-state index in [1.54, 1.807) is 31.2 Å². The predicted molar refractivity (Wildman–Crippen MR) is 127 cm³/mol. The number of carbonyl (C=O) groups excluding carboxylic acids is 2. The third-order valence-electron chi connectivity index (χ3n) is 5.52. The van der Waals surface area contributed by atoms with Crippen LogP contribution in [-0.2, 0) is 19.6 Å². The van der Waals surface area contributed by atoms with Crippen LogP contribution in [0, 0.1) is 5.92 Å². The Morgan fingerprint density at radius 2 is 1.94 bits per heavy atom. The highest BCUT2D eigenvalue weighted by molar-refractivity contribution is 7.92. The van der Waals surface area contributed by atoms with Crippen molar-refractivity contribution in [1.82, 2.24) is 14.7 Å². The predicted octanol–water partition coefficient (Wildman–Crippen LogP) is 0.952. The largest absolute Gasteiger partial charge is 0.491 e. The van der Waals surface area contributed by atoms with E-state index >= 15 is 0 Å². The number of sulfonamides is 1. The number of hydrogen-bond donors (Lipinski definition) is 1. The van der Waals surface area contributed by atoms with E-state index in [4.69, 9.17) is 9.47 Å². The SMILES string of the molecule is CO[C@H]1CN(C)C(=O)c2cc(NS(C)(=O)=O)ccc2OC[C@@H](C)N(C(=O)CN(C)C)C[C@H]1C. The van der Waals surface area contributed by atoms with Gasteiger partial charge in [-0.25, -0.2) is 8.42 Å². The molecule has 1 aromatic rings. The summed E-state index contributed by atoms with van der Waals surface area (Å²) in [6, 6.07) is 4.31. The zero-order chi connectivity index (χ0) is 24.9. The van der Waals surface area contributed by atoms with Gasteiger partial charge >= 0.3 is 0 Å². The first-order valence-electron chi connectivity index (χ1n) is 10.8. The maximum absolute atomic E-state index is 13.3. The van der Waals surface area contributed by atoms with Crippen LogP contribution in [0.4, 0.5) is 5.69 Å². The van der Waals surface area contributed by atoms with E-state index in [0.717, 1.165) is 6.26 Å². The number of carbonyl (C=O) groups is 2. The second kappa shape index (κ2) is 11.2. The van der Waals surface area contributed by atoms with Crippen LogP contribution in [0.1, 0.15) is 24.2 Å². The van der Waals surface area contributed by atoms with Crippen LogP contribution >= 0.6 is 0 Å². The average Bonchev–Trinajstić information content (AvgIpc) is 2.71. The Morgan fingerprint density at radius 1 is 1.27 bits per heavy atom. The summed E-state index contributed by atoms with van der Waals surface area (Å²) in [7, 11) is 3.42. The van der Waals surface area contributed by atoms with Crippen LogP contribution < -0.4 is 9.46 Å². The van der Waals surface area contributed by atoms with Gasteiger partial charge in [-0.1, -0.05) is 6.92 Å². The lowest BCUT2D eigenvalue weighted by atomic mass is 10.0. The van der Waals surface area contributed by atoms with Crippen LogP contribution in [0.5, 0.6) is 5.75 Å². The fourth-order valence-corrected chi connectivity index (χ4v) is 4.32. The molecule has 0 spiro atoms. The minimum Gasteiger partial charge on any atom is -0.491 e. The third-order valence-corrected chi connectivity index (χ3v) is 6.13. The summed E-state index contributed by atoms with van der Waals surface area (Å²) in [5.74, 6) is -0.0614. The Morgan fingerprint density at radius 3 is 2.52 bits per heavy atom. The molecule has 0 aromatic heterocycles. The van der Waals surface area contributed by atoms with E-state index in [1.165, 1.54) is 11.0 Å². The highest BCUT2D eigenvalue weighted by Gasteiger charge is 2.30. The summed E-state index contributed by atoms with van der Waals surface area (Å²) >= 11 is 0. The minimum atomic E-state index is -3.51. The Bertz CT molecular complexity index is 952. The number of amides is 2. The summed E-state index contributed by atoms with van der Waals surface area (Å²) in [5, 5.41) is 0. The molecule has 0 saturated carbocycles. The number of fused-ring (bicyclic) bond motifs is 1. The van der Waals surface area contributed by atoms with Crippen molar-refractivity contribution in [3.63, 3.8) is 0 Å². The molecule has 0 fully saturated rings. The monoisotopic (exact) mass is 484 g/mol. The molecule has 2 rings (SSSR count). The number of nitrogens with zero attached hydrogens (tertiary/aromatic N) is 3. The van der Waals surface area contributed by atoms with Gasteiger partial charge < -0.3 is 24.2 Å². The minimum absolute atomic E-state index is 0.0211. The molecule has 1 aromatic carbocycles. The van der Waals surface area contributed by atoms with Crippen LogP contribution in [0.25, 0.3) is 0 Å². The molecule has 0 aliphatic carbocycles. The van der Waals surface area contributed by atoms with Gasteiger partial charge in [-0.3, -0.25) is 14.3 Å². The van der Waals surface area contributed by atoms with Gasteiger partial charge in [0.2, 0.25) is 15.9 Å². The standard InChI is InChI=1S/C22H36N4O6S/c1-15-11-26(21(27)13-24(3)4)16(2)14-32-19-9-8-17(23-33(7,29)30)10-18(19)22(28)25(5)12-20(15)31-6/h8-10,15-16,20,23H,11-14H2,1-7H3/t15-,16-,20+/m1/s1. The quantitative estimate of drug-likeness (QED) is 0.663. The molecule has 0 unspecified atom stereocenters. The molecule has 1 N–H and O–H groups in total. The van der Waals surface area contributed by atoms with E-state index in [-0.39, 0.29) is 54.3 Å². The van der Waals surface area contributed by atoms with Gasteiger partial charge in [0, 0.05) is 38.9 Å². The van der Waals surface area contributed by atoms with Crippen LogP contribution in [0.3, 0.4) is 0 Å². The van der Waals surface area contributed by atoms with Gasteiger partial charge in [0.25, 0.3) is 5.91 Å². The molecule has 1 heterocycles. The molecule has 1 aliphatic rings. The van der Waals surface area contributed by atoms with Crippen molar-refractivity contribution in [2.45, 2.75) is 26.0 Å². The molecule has 0 bridgehead atoms. The zero-order valence-electron chi connectivity index (χ0n) is 20.5. The van der Waals surface area contributed by atoms with Crippen molar-refractivity contribution in [2.24, 2.45) is 5.92 Å². The second-order valence-electron chi connectivity index (χ2n) is 8.97. The molecule has 186 valence electrons. The molecule has 33 heavy (non-hydrogen) atoms. The van der Waals surface area contributed by atoms with Gasteiger partial charge in [0.15, 0.2) is 0 Å². The van der Waals surface area contributed by atoms with Gasteiger partial charge in [0.1, 0.15) is 12.4 Å². The van der Waals surface area contributed by atoms with Gasteiger partial charge in [-0.2, -0.15) is 0 Å². The Hall–Kier alpha value is -2.37. The molecular weight excluding hydrogens is 448 g/mol. The van der Waals surface area contributed by atoms with Crippen molar-refractivity contribution >= 4 is 27.5 Å². The summed E-state index contributed by atoms with van der Waals surface area (Å²) in [6.07, 6.45) is 0.740. The summed E-state index contributed by atoms with van der Waals surface area (Å²) in [5.41, 5.74) is 0.494. The van der Waals surface area contributed by atoms with E-state index in [0.29, 0.717) is 18.8 Å². The lowest BCUT2D eigenvalue weighted by Gasteiger charge is -2.36. The number of hydrogen-bond acceptors (Lipinski definition) is 7. The molecular formula is C22H36N4O6S. The van der Waals surface area contributed by atoms with E-state index in [9.17, 15) is 18.0 Å². The van der Waals surface area contributed by atoms with Gasteiger partial charge in [-0.05, 0) is 39.2 Å². The van der Waals surface area contributed by atoms with E-state index in [2.05, 4.69) is 4.72 Å². The zero-order valence-corrected chi connectivity index (χ0v) is 21.3. The lowest BCUT2D eigenvalue weighted by Crippen LogP contribution is -2.50. The molecule has 11 heteroatoms. The molecule has 3 atom stereocenters. The van der Waals surface area contributed by atoms with E-state index in [1.807, 2.05) is 32.8 Å². The highest BCUT2D eigenvalue weighted by atomic mass is 32.2. The highest BCUT2D eigenvalue weighted by Crippen LogP contribution is 2.27. The topological polar surface area (TPSA) is 108 Å². The molecule has 0 saturated heterocycles. The van der Waals surface area contributed by atoms with E-state index < -0.39 is 10.0 Å². The number of methoxy groups -OCH3 is 1. The molecule has 2 amide bonds. The van der Waals surface area contributed by atoms with Crippen molar-refractivity contribution < 1.29 is 27.5 Å². The maximum atomic E-state index is 13.3. The number of nitrogens with one attached hydrogen (secondary N) is 1. The summed E-state index contributed by atoms with van der Waals surface area (Å²) in [6.45, 7) is 5.09. The van der Waals surface area contributed by atoms with Crippen LogP contribution in [0.2, 0.25) is 0 Å². The number of rotatable bonds is 5. The first-order chi connectivity index (χ1) is 15.3. The van der Waals surface area contributed by atoms with Gasteiger partial charge in [0.05, 0.1) is 30.5 Å². The molecule has 1 aliphatic heterocycles. The van der Waals surface area contributed by atoms with Crippen LogP contribution in [0.15, 0.2) is 18.2 Å². The number of anilines is 1. The number of ether oxygens (including phenoxy) is 2. The number of likely N-dealkylation sites (N-methyl/N-ethyl adjacent to an activating group) is 2. The number of benzene rings is 1. The lowest BCUT2D eigenvalue weighted by molar-refractivity contribution is -0.136. The van der Waals surface area contributed by atoms with Crippen LogP contribution in [-0.4, -0.2) is 108 Å². The van der Waals surface area contributed by atoms with Crippen molar-refractivity contribution in [3.8, 4) is 5.75 Å². The fraction of sp³-hybridized carbons (Fsp3) is 0.636. The Balaban J connectivity index is 2.47. The maximum Gasteiger partial charge on any atom is 0.257 e. The summed E-state index contributed by atoms with van der Waals surface area (Å²) in [4.78, 5) is 31.4. The second-order valence-corrected chi connectivity index (χ2v) is 10.7. The van der Waals surface area contributed by atoms with Crippen molar-refractivity contribution in [1.29, 1.82) is 0 Å². The molecule has 10 nitrogen and oxygen atoms in total. The fourth-order valence-electron chi connectivity index (χ4n) is 3.76.